The fourth-order valence-electron chi connectivity index (χ4n) is 10.8. The van der Waals surface area contributed by atoms with Crippen molar-refractivity contribution in [3.8, 4) is 0 Å². The Kier molecular flexibility index (Phi) is 2.21. The number of esters is 2. The zero-order valence-electron chi connectivity index (χ0n) is 14.9. The normalized spacial score (nSPS) is 69.8. The first kappa shape index (κ1) is 14.3. The second kappa shape index (κ2) is 4.01. The summed E-state index contributed by atoms with van der Waals surface area (Å²) in [5.74, 6) is 5.67. The van der Waals surface area contributed by atoms with E-state index in [9.17, 15) is 9.59 Å². The molecule has 4 nitrogen and oxygen atoms in total. The molecule has 5 heteroatoms. The van der Waals surface area contributed by atoms with Crippen LogP contribution < -0.4 is 0 Å². The molecule has 6 aliphatic carbocycles. The number of thioether (sulfide) groups is 1. The maximum Gasteiger partial charge on any atom is 0.323 e. The Hall–Kier alpha value is -0.710. The van der Waals surface area contributed by atoms with E-state index < -0.39 is 0 Å². The first-order valence-corrected chi connectivity index (χ1v) is 11.9. The molecule has 0 aromatic carbocycles. The van der Waals surface area contributed by atoms with Crippen LogP contribution in [0.3, 0.4) is 0 Å². The molecule has 0 unspecified atom stereocenters. The van der Waals surface area contributed by atoms with Gasteiger partial charge < -0.3 is 9.47 Å². The molecule has 2 saturated heterocycles. The molecule has 8 rings (SSSR count). The molecule has 8 aliphatic rings. The lowest BCUT2D eigenvalue weighted by atomic mass is 9.70. The SMILES string of the molecule is CS[C@@]12C(=O)O[C@H]3CC[C@@H]4[C@@H]5[C@@H]6C(=O)O[C@@H]7CC[C@@H]8[C@H]7[C@@H]6[C@H]([C@@H]5[C@@H]1[C@H]43)[C@H]82. The zero-order chi connectivity index (χ0) is 17.1. The molecule has 8 fully saturated rings. The molecule has 0 bridgehead atoms. The van der Waals surface area contributed by atoms with Gasteiger partial charge in [0.25, 0.3) is 0 Å². The third-order valence-electron chi connectivity index (χ3n) is 10.7. The highest BCUT2D eigenvalue weighted by Crippen LogP contribution is 2.84. The van der Waals surface area contributed by atoms with E-state index >= 15 is 0 Å². The number of rotatable bonds is 1. The molecule has 0 N–H and O–H groups in total. The standard InChI is InChI=1S/C21H24O4S/c1-26-21-17-7-3-5-8-10(7)13-15(17)14-12(16(13)19(22)24-8)6-2-4-9(25-20(21)23)11(6)18(14)21/h6-18H,2-5H2,1H3/t6-,7+,8+,9-,10+,11+,12-,13+,14+,15+,16-,17-,18-,21+/m0/s1. The van der Waals surface area contributed by atoms with Crippen molar-refractivity contribution < 1.29 is 19.1 Å². The molecule has 0 aromatic heterocycles. The molecular weight excluding hydrogens is 348 g/mol. The van der Waals surface area contributed by atoms with Gasteiger partial charge in [-0.25, -0.2) is 0 Å². The molecule has 0 aromatic rings. The average Bonchev–Trinajstić information content (AvgIpc) is 3.37. The van der Waals surface area contributed by atoms with Crippen LogP contribution in [0.4, 0.5) is 0 Å². The summed E-state index contributed by atoms with van der Waals surface area (Å²) >= 11 is 1.82. The predicted molar refractivity (Wildman–Crippen MR) is 92.9 cm³/mol. The quantitative estimate of drug-likeness (QED) is 0.662. The number of carbonyl (C=O) groups excluding carboxylic acids is 2. The van der Waals surface area contributed by atoms with E-state index in [1.165, 1.54) is 0 Å². The van der Waals surface area contributed by atoms with Crippen molar-refractivity contribution in [3.05, 3.63) is 0 Å². The van der Waals surface area contributed by atoms with Crippen LogP contribution in [0.1, 0.15) is 25.7 Å². The Morgan fingerprint density at radius 1 is 0.808 bits per heavy atom. The summed E-state index contributed by atoms with van der Waals surface area (Å²) < 4.78 is 11.9. The Balaban J connectivity index is 1.43. The van der Waals surface area contributed by atoms with Crippen LogP contribution in [0.25, 0.3) is 0 Å². The van der Waals surface area contributed by atoms with Crippen molar-refractivity contribution in [1.29, 1.82) is 0 Å². The van der Waals surface area contributed by atoms with Crippen molar-refractivity contribution in [1.82, 2.24) is 0 Å². The van der Waals surface area contributed by atoms with Crippen LogP contribution in [-0.4, -0.2) is 35.1 Å². The van der Waals surface area contributed by atoms with Gasteiger partial charge in [-0.05, 0) is 79.3 Å². The summed E-state index contributed by atoms with van der Waals surface area (Å²) in [6, 6.07) is 0. The molecule has 2 heterocycles. The van der Waals surface area contributed by atoms with Gasteiger partial charge in [0.1, 0.15) is 17.0 Å². The number of hydrogen-bond acceptors (Lipinski definition) is 5. The maximum atomic E-state index is 13.5. The van der Waals surface area contributed by atoms with E-state index in [0.29, 0.717) is 59.2 Å². The fourth-order valence-corrected chi connectivity index (χ4v) is 12.2. The van der Waals surface area contributed by atoms with Gasteiger partial charge in [0.05, 0.1) is 5.92 Å². The molecule has 2 aliphatic heterocycles. The average molecular weight is 372 g/mol. The first-order valence-electron chi connectivity index (χ1n) is 10.6. The van der Waals surface area contributed by atoms with Crippen molar-refractivity contribution >= 4 is 23.7 Å². The Bertz CT molecular complexity index is 782. The van der Waals surface area contributed by atoms with E-state index in [0.717, 1.165) is 25.7 Å². The number of fused-ring (bicyclic) bond motifs is 4. The minimum Gasteiger partial charge on any atom is -0.462 e. The van der Waals surface area contributed by atoms with Crippen molar-refractivity contribution in [2.75, 3.05) is 6.26 Å². The van der Waals surface area contributed by atoms with Crippen LogP contribution in [0.2, 0.25) is 0 Å². The highest BCUT2D eigenvalue weighted by atomic mass is 32.2. The van der Waals surface area contributed by atoms with E-state index in [-0.39, 0.29) is 34.8 Å². The van der Waals surface area contributed by atoms with Crippen LogP contribution in [0.15, 0.2) is 0 Å². The molecule has 0 amide bonds. The lowest BCUT2D eigenvalue weighted by Gasteiger charge is -2.47. The maximum absolute atomic E-state index is 13.5. The lowest BCUT2D eigenvalue weighted by molar-refractivity contribution is -0.173. The lowest BCUT2D eigenvalue weighted by Crippen LogP contribution is -2.56. The van der Waals surface area contributed by atoms with Crippen molar-refractivity contribution in [2.24, 2.45) is 65.1 Å². The molecule has 0 spiro atoms. The first-order chi connectivity index (χ1) is 12.7. The summed E-state index contributed by atoms with van der Waals surface area (Å²) in [6.45, 7) is 0. The Labute approximate surface area is 157 Å². The van der Waals surface area contributed by atoms with Gasteiger partial charge >= 0.3 is 11.9 Å². The van der Waals surface area contributed by atoms with Gasteiger partial charge in [-0.15, -0.1) is 11.8 Å². The molecule has 0 radical (unpaired) electrons. The predicted octanol–water partition coefficient (Wildman–Crippen LogP) is 2.36. The summed E-state index contributed by atoms with van der Waals surface area (Å²) in [5.41, 5.74) is 0. The third-order valence-corrected chi connectivity index (χ3v) is 12.1. The summed E-state index contributed by atoms with van der Waals surface area (Å²) in [6.07, 6.45) is 6.76. The molecule has 138 valence electrons. The van der Waals surface area contributed by atoms with Gasteiger partial charge in [0, 0.05) is 11.8 Å². The summed E-state index contributed by atoms with van der Waals surface area (Å²) in [4.78, 5) is 26.6. The molecule has 26 heavy (non-hydrogen) atoms. The van der Waals surface area contributed by atoms with E-state index in [4.69, 9.17) is 9.47 Å². The largest absolute Gasteiger partial charge is 0.462 e. The minimum atomic E-state index is -0.321. The van der Waals surface area contributed by atoms with Gasteiger partial charge in [-0.3, -0.25) is 9.59 Å². The minimum absolute atomic E-state index is 0.114. The van der Waals surface area contributed by atoms with E-state index in [2.05, 4.69) is 6.26 Å². The topological polar surface area (TPSA) is 52.6 Å². The fraction of sp³-hybridized carbons (Fsp3) is 0.905. The van der Waals surface area contributed by atoms with Crippen molar-refractivity contribution in [3.63, 3.8) is 0 Å². The van der Waals surface area contributed by atoms with E-state index in [1.807, 2.05) is 11.8 Å². The highest BCUT2D eigenvalue weighted by molar-refractivity contribution is 8.00. The number of ether oxygens (including phenoxy) is 2. The third kappa shape index (κ3) is 1.11. The van der Waals surface area contributed by atoms with Crippen LogP contribution in [-0.2, 0) is 19.1 Å². The summed E-state index contributed by atoms with van der Waals surface area (Å²) in [7, 11) is 0. The van der Waals surface area contributed by atoms with E-state index in [1.54, 1.807) is 0 Å². The van der Waals surface area contributed by atoms with Crippen molar-refractivity contribution in [2.45, 2.75) is 42.6 Å². The van der Waals surface area contributed by atoms with Crippen LogP contribution >= 0.6 is 11.8 Å². The number of hydrogen-bond donors (Lipinski definition) is 0. The molecular formula is C21H24O4S. The Morgan fingerprint density at radius 3 is 2.35 bits per heavy atom. The van der Waals surface area contributed by atoms with Gasteiger partial charge in [-0.1, -0.05) is 0 Å². The zero-order valence-corrected chi connectivity index (χ0v) is 15.7. The van der Waals surface area contributed by atoms with Gasteiger partial charge in [-0.2, -0.15) is 0 Å². The smallest absolute Gasteiger partial charge is 0.323 e. The van der Waals surface area contributed by atoms with Gasteiger partial charge in [0.15, 0.2) is 0 Å². The highest BCUT2D eigenvalue weighted by Gasteiger charge is 2.86. The van der Waals surface area contributed by atoms with Gasteiger partial charge in [0.2, 0.25) is 0 Å². The van der Waals surface area contributed by atoms with Crippen LogP contribution in [0, 0.1) is 65.1 Å². The second-order valence-corrected chi connectivity index (χ2v) is 11.5. The number of carbonyl (C=O) groups is 2. The summed E-state index contributed by atoms with van der Waals surface area (Å²) in [5, 5.41) is 0. The monoisotopic (exact) mass is 372 g/mol. The molecule has 6 saturated carbocycles. The van der Waals surface area contributed by atoms with Crippen LogP contribution in [0.5, 0.6) is 0 Å². The molecule has 14 atom stereocenters. The second-order valence-electron chi connectivity index (χ2n) is 10.4. The Morgan fingerprint density at radius 2 is 1.54 bits per heavy atom.